The number of sulfonamides is 1. The summed E-state index contributed by atoms with van der Waals surface area (Å²) < 4.78 is 46.9. The second kappa shape index (κ2) is 4.29. The van der Waals surface area contributed by atoms with E-state index in [-0.39, 0.29) is 11.4 Å². The van der Waals surface area contributed by atoms with Crippen LogP contribution >= 0.6 is 0 Å². The van der Waals surface area contributed by atoms with E-state index in [1.807, 2.05) is 0 Å². The van der Waals surface area contributed by atoms with E-state index in [4.69, 9.17) is 5.14 Å². The van der Waals surface area contributed by atoms with Gasteiger partial charge in [0, 0.05) is 12.2 Å². The van der Waals surface area contributed by atoms with Crippen LogP contribution in [0.25, 0.3) is 0 Å². The monoisotopic (exact) mass is 276 g/mol. The maximum atomic E-state index is 12.3. The van der Waals surface area contributed by atoms with Crippen LogP contribution in [0.5, 0.6) is 0 Å². The maximum absolute atomic E-state index is 12.3. The molecular weight excluding hydrogens is 266 g/mol. The third-order valence-electron chi connectivity index (χ3n) is 2.73. The molecule has 0 aromatic heterocycles. The number of rotatable bonds is 2. The first-order valence-electron chi connectivity index (χ1n) is 5.06. The van der Waals surface area contributed by atoms with Gasteiger partial charge in [-0.25, -0.2) is 13.6 Å². The van der Waals surface area contributed by atoms with E-state index < -0.39 is 22.4 Å². The van der Waals surface area contributed by atoms with Crippen molar-refractivity contribution in [2.45, 2.75) is 17.7 Å². The Morgan fingerprint density at radius 1 is 1.39 bits per heavy atom. The van der Waals surface area contributed by atoms with Crippen LogP contribution in [0.3, 0.4) is 0 Å². The van der Waals surface area contributed by atoms with Crippen molar-refractivity contribution < 1.29 is 22.0 Å². The molecule has 1 aromatic carbocycles. The van der Waals surface area contributed by atoms with Gasteiger partial charge in [0.15, 0.2) is 0 Å². The van der Waals surface area contributed by atoms with E-state index in [1.165, 1.54) is 18.2 Å². The summed E-state index contributed by atoms with van der Waals surface area (Å²) in [5.41, 5.74) is 0.836. The van der Waals surface area contributed by atoms with Crippen molar-refractivity contribution >= 4 is 21.6 Å². The summed E-state index contributed by atoms with van der Waals surface area (Å²) >= 11 is 0. The lowest BCUT2D eigenvalue weighted by molar-refractivity contribution is -0.128. The highest BCUT2D eigenvalue weighted by Crippen LogP contribution is 2.30. The van der Waals surface area contributed by atoms with Crippen LogP contribution in [0.1, 0.15) is 5.56 Å². The smallest absolute Gasteiger partial charge is 0.307 e. The van der Waals surface area contributed by atoms with Gasteiger partial charge in [-0.15, -0.1) is 0 Å². The fraction of sp³-hybridized carbons (Fsp3) is 0.300. The van der Waals surface area contributed by atoms with Gasteiger partial charge in [-0.2, -0.15) is 8.78 Å². The zero-order chi connectivity index (χ0) is 13.5. The lowest BCUT2D eigenvalue weighted by Gasteiger charge is -2.16. The molecule has 0 unspecified atom stereocenters. The van der Waals surface area contributed by atoms with Crippen LogP contribution in [0.15, 0.2) is 23.1 Å². The van der Waals surface area contributed by atoms with Crippen molar-refractivity contribution in [1.82, 2.24) is 0 Å². The Morgan fingerprint density at radius 2 is 2.06 bits per heavy atom. The van der Waals surface area contributed by atoms with Crippen LogP contribution < -0.4 is 10.0 Å². The summed E-state index contributed by atoms with van der Waals surface area (Å²) in [4.78, 5) is 12.1. The Labute approximate surface area is 102 Å². The molecule has 1 amide bonds. The number of fused-ring (bicyclic) bond motifs is 1. The third kappa shape index (κ3) is 2.21. The molecule has 0 spiro atoms. The van der Waals surface area contributed by atoms with E-state index in [2.05, 4.69) is 0 Å². The second-order valence-corrected chi connectivity index (χ2v) is 5.44. The fourth-order valence-electron chi connectivity index (χ4n) is 1.90. The van der Waals surface area contributed by atoms with Crippen molar-refractivity contribution in [1.29, 1.82) is 0 Å². The first-order chi connectivity index (χ1) is 8.30. The molecule has 0 saturated heterocycles. The number of hydrogen-bond donors (Lipinski definition) is 1. The van der Waals surface area contributed by atoms with Crippen LogP contribution in [0, 0.1) is 0 Å². The topological polar surface area (TPSA) is 80.5 Å². The minimum atomic E-state index is -3.83. The minimum absolute atomic E-state index is 0.0902. The third-order valence-corrected chi connectivity index (χ3v) is 3.64. The average Bonchev–Trinajstić information content (AvgIpc) is 2.69. The highest BCUT2D eigenvalue weighted by Gasteiger charge is 2.30. The maximum Gasteiger partial charge on any atom is 0.316 e. The average molecular weight is 276 g/mol. The largest absolute Gasteiger partial charge is 0.316 e. The van der Waals surface area contributed by atoms with E-state index in [1.54, 1.807) is 0 Å². The molecule has 0 bridgehead atoms. The predicted octanol–water partition coefficient (Wildman–Crippen LogP) is 0.488. The zero-order valence-electron chi connectivity index (χ0n) is 9.14. The number of halogens is 2. The number of anilines is 1. The Balaban J connectivity index is 2.40. The number of nitrogens with zero attached hydrogens (tertiary/aromatic N) is 1. The highest BCUT2D eigenvalue weighted by molar-refractivity contribution is 7.89. The Bertz CT molecular complexity index is 601. The van der Waals surface area contributed by atoms with Gasteiger partial charge in [0.2, 0.25) is 10.0 Å². The lowest BCUT2D eigenvalue weighted by Crippen LogP contribution is -2.34. The van der Waals surface area contributed by atoms with Crippen molar-refractivity contribution in [3.8, 4) is 0 Å². The lowest BCUT2D eigenvalue weighted by atomic mass is 10.2. The van der Waals surface area contributed by atoms with Gasteiger partial charge in [0.25, 0.3) is 5.91 Å². The Morgan fingerprint density at radius 3 is 2.61 bits per heavy atom. The number of carbonyl (C=O) groups excluding carboxylic acids is 1. The standard InChI is InChI=1S/C10H10F2N2O3S/c11-9(12)10(15)14-4-3-6-5-7(18(13,16)17)1-2-8(6)14/h1-2,5,9H,3-4H2,(H2,13,16,17). The van der Waals surface area contributed by atoms with Gasteiger partial charge in [-0.1, -0.05) is 0 Å². The molecule has 98 valence electrons. The molecule has 2 N–H and O–H groups in total. The zero-order valence-corrected chi connectivity index (χ0v) is 9.95. The molecule has 2 rings (SSSR count). The molecule has 18 heavy (non-hydrogen) atoms. The first-order valence-corrected chi connectivity index (χ1v) is 6.60. The molecule has 0 fully saturated rings. The number of primary sulfonamides is 1. The molecule has 0 atom stereocenters. The van der Waals surface area contributed by atoms with E-state index in [9.17, 15) is 22.0 Å². The van der Waals surface area contributed by atoms with E-state index in [0.29, 0.717) is 17.7 Å². The van der Waals surface area contributed by atoms with Gasteiger partial charge in [-0.3, -0.25) is 4.79 Å². The molecule has 1 aliphatic heterocycles. The molecule has 1 aromatic rings. The fourth-order valence-corrected chi connectivity index (χ4v) is 2.47. The van der Waals surface area contributed by atoms with Crippen molar-refractivity contribution in [3.63, 3.8) is 0 Å². The van der Waals surface area contributed by atoms with Crippen molar-refractivity contribution in [2.24, 2.45) is 5.14 Å². The van der Waals surface area contributed by atoms with Crippen LogP contribution in [0.4, 0.5) is 14.5 Å². The minimum Gasteiger partial charge on any atom is -0.307 e. The molecule has 0 saturated carbocycles. The number of carbonyl (C=O) groups is 1. The molecular formula is C10H10F2N2O3S. The Hall–Kier alpha value is -1.54. The normalized spacial score (nSPS) is 15.0. The summed E-state index contributed by atoms with van der Waals surface area (Å²) in [5, 5.41) is 4.97. The first kappa shape index (κ1) is 12.9. The molecule has 1 aliphatic rings. The predicted molar refractivity (Wildman–Crippen MR) is 59.9 cm³/mol. The quantitative estimate of drug-likeness (QED) is 0.853. The molecule has 8 heteroatoms. The summed E-state index contributed by atoms with van der Waals surface area (Å²) in [6.45, 7) is 0.118. The number of hydrogen-bond acceptors (Lipinski definition) is 3. The summed E-state index contributed by atoms with van der Waals surface area (Å²) in [7, 11) is -3.83. The molecule has 1 heterocycles. The highest BCUT2D eigenvalue weighted by atomic mass is 32.2. The van der Waals surface area contributed by atoms with Crippen molar-refractivity contribution in [3.05, 3.63) is 23.8 Å². The van der Waals surface area contributed by atoms with Crippen LogP contribution in [-0.2, 0) is 21.2 Å². The van der Waals surface area contributed by atoms with E-state index in [0.717, 1.165) is 4.90 Å². The van der Waals surface area contributed by atoms with Gasteiger partial charge < -0.3 is 4.90 Å². The van der Waals surface area contributed by atoms with Gasteiger partial charge >= 0.3 is 6.43 Å². The SMILES string of the molecule is NS(=O)(=O)c1ccc2c(c1)CCN2C(=O)C(F)F. The summed E-state index contributed by atoms with van der Waals surface area (Å²) in [6, 6.07) is 3.83. The van der Waals surface area contributed by atoms with Gasteiger partial charge in [0.1, 0.15) is 0 Å². The number of alkyl halides is 2. The van der Waals surface area contributed by atoms with Crippen molar-refractivity contribution in [2.75, 3.05) is 11.4 Å². The summed E-state index contributed by atoms with van der Waals surface area (Å²) in [6.07, 6.45) is -2.74. The van der Waals surface area contributed by atoms with Crippen LogP contribution in [-0.4, -0.2) is 27.3 Å². The van der Waals surface area contributed by atoms with Gasteiger partial charge in [-0.05, 0) is 30.2 Å². The van der Waals surface area contributed by atoms with Crippen LogP contribution in [0.2, 0.25) is 0 Å². The number of benzene rings is 1. The molecule has 0 radical (unpaired) electrons. The number of amides is 1. The van der Waals surface area contributed by atoms with E-state index >= 15 is 0 Å². The summed E-state index contributed by atoms with van der Waals surface area (Å²) in [5.74, 6) is -1.28. The van der Waals surface area contributed by atoms with Gasteiger partial charge in [0.05, 0.1) is 4.90 Å². The molecule has 5 nitrogen and oxygen atoms in total. The molecule has 0 aliphatic carbocycles. The number of nitrogens with two attached hydrogens (primary N) is 1. The second-order valence-electron chi connectivity index (χ2n) is 3.88. The Kier molecular flexibility index (Phi) is 3.07.